The second-order valence-corrected chi connectivity index (χ2v) is 7.59. The van der Waals surface area contributed by atoms with Crippen molar-refractivity contribution in [3.63, 3.8) is 0 Å². The molecule has 29 heavy (non-hydrogen) atoms. The Bertz CT molecular complexity index is 871. The summed E-state index contributed by atoms with van der Waals surface area (Å²) in [5.41, 5.74) is 2.73. The van der Waals surface area contributed by atoms with Crippen LogP contribution in [0.1, 0.15) is 36.0 Å². The molecule has 0 unspecified atom stereocenters. The predicted octanol–water partition coefficient (Wildman–Crippen LogP) is 3.59. The van der Waals surface area contributed by atoms with Crippen LogP contribution in [0.5, 0.6) is 0 Å². The van der Waals surface area contributed by atoms with Gasteiger partial charge in [0, 0.05) is 37.7 Å². The number of hydrogen-bond donors (Lipinski definition) is 2. The van der Waals surface area contributed by atoms with Crippen LogP contribution in [-0.2, 0) is 11.3 Å². The van der Waals surface area contributed by atoms with Crippen molar-refractivity contribution in [2.75, 3.05) is 19.6 Å². The van der Waals surface area contributed by atoms with Gasteiger partial charge in [-0.1, -0.05) is 48.0 Å². The maximum atomic E-state index is 13.8. The number of nitrogens with zero attached hydrogens (tertiary/aromatic N) is 1. The van der Waals surface area contributed by atoms with E-state index in [1.165, 1.54) is 6.07 Å². The molecule has 2 atom stereocenters. The van der Waals surface area contributed by atoms with Crippen LogP contribution in [-0.4, -0.2) is 36.5 Å². The third kappa shape index (κ3) is 5.34. The summed E-state index contributed by atoms with van der Waals surface area (Å²) in [5, 5.41) is 5.68. The number of amides is 3. The highest BCUT2D eigenvalue weighted by Gasteiger charge is 2.34. The van der Waals surface area contributed by atoms with Crippen molar-refractivity contribution < 1.29 is 14.0 Å². The molecule has 1 aliphatic heterocycles. The van der Waals surface area contributed by atoms with Crippen molar-refractivity contribution in [2.24, 2.45) is 5.92 Å². The molecule has 0 aromatic heterocycles. The average molecular weight is 397 g/mol. The minimum atomic E-state index is -0.344. The molecule has 3 rings (SSSR count). The number of urea groups is 1. The Morgan fingerprint density at radius 3 is 2.62 bits per heavy atom. The van der Waals surface area contributed by atoms with Crippen LogP contribution in [0, 0.1) is 18.7 Å². The molecule has 0 radical (unpaired) electrons. The fourth-order valence-electron chi connectivity index (χ4n) is 3.85. The van der Waals surface area contributed by atoms with Gasteiger partial charge in [0.1, 0.15) is 5.82 Å². The summed E-state index contributed by atoms with van der Waals surface area (Å²) in [6.45, 7) is 5.52. The number of rotatable bonds is 5. The summed E-state index contributed by atoms with van der Waals surface area (Å²) >= 11 is 0. The average Bonchev–Trinajstić information content (AvgIpc) is 2.73. The second-order valence-electron chi connectivity index (χ2n) is 7.59. The number of aryl methyl sites for hydroxylation is 1. The zero-order valence-electron chi connectivity index (χ0n) is 17.0. The Kier molecular flexibility index (Phi) is 6.86. The number of piperidine rings is 1. The summed E-state index contributed by atoms with van der Waals surface area (Å²) in [5.74, 6) is -0.753. The Labute approximate surface area is 171 Å². The maximum absolute atomic E-state index is 13.8. The lowest BCUT2D eigenvalue weighted by Gasteiger charge is -2.37. The van der Waals surface area contributed by atoms with Crippen LogP contribution in [0.15, 0.2) is 48.5 Å². The lowest BCUT2D eigenvalue weighted by molar-refractivity contribution is -0.126. The highest BCUT2D eigenvalue weighted by molar-refractivity contribution is 5.81. The van der Waals surface area contributed by atoms with Crippen LogP contribution in [0.25, 0.3) is 0 Å². The Hall–Kier alpha value is -2.89. The molecule has 0 spiro atoms. The topological polar surface area (TPSA) is 61.4 Å². The second kappa shape index (κ2) is 9.54. The van der Waals surface area contributed by atoms with Crippen molar-refractivity contribution in [3.05, 3.63) is 71.0 Å². The molecule has 0 aliphatic carbocycles. The van der Waals surface area contributed by atoms with Gasteiger partial charge in [0.15, 0.2) is 0 Å². The van der Waals surface area contributed by atoms with Gasteiger partial charge in [-0.05, 0) is 31.9 Å². The van der Waals surface area contributed by atoms with Gasteiger partial charge in [0.2, 0.25) is 5.91 Å². The molecule has 2 N–H and O–H groups in total. The molecule has 2 aromatic rings. The van der Waals surface area contributed by atoms with Gasteiger partial charge in [-0.25, -0.2) is 9.18 Å². The number of carbonyl (C=O) groups is 2. The fraction of sp³-hybridized carbons (Fsp3) is 0.391. The van der Waals surface area contributed by atoms with E-state index in [1.807, 2.05) is 32.0 Å². The van der Waals surface area contributed by atoms with Crippen LogP contribution in [0.4, 0.5) is 9.18 Å². The quantitative estimate of drug-likeness (QED) is 0.810. The number of carbonyl (C=O) groups excluding carboxylic acids is 2. The van der Waals surface area contributed by atoms with Crippen LogP contribution < -0.4 is 10.6 Å². The van der Waals surface area contributed by atoms with Gasteiger partial charge in [-0.2, -0.15) is 0 Å². The normalized spacial score (nSPS) is 18.9. The molecule has 2 aromatic carbocycles. The Balaban J connectivity index is 1.74. The van der Waals surface area contributed by atoms with E-state index < -0.39 is 0 Å². The predicted molar refractivity (Wildman–Crippen MR) is 111 cm³/mol. The van der Waals surface area contributed by atoms with Gasteiger partial charge in [0.25, 0.3) is 0 Å². The summed E-state index contributed by atoms with van der Waals surface area (Å²) in [6, 6.07) is 14.5. The zero-order chi connectivity index (χ0) is 20.8. The minimum Gasteiger partial charge on any atom is -0.352 e. The fourth-order valence-corrected chi connectivity index (χ4v) is 3.85. The molecule has 3 amide bonds. The summed E-state index contributed by atoms with van der Waals surface area (Å²) in [6.07, 6.45) is 0.655. The lowest BCUT2D eigenvalue weighted by atomic mass is 9.83. The number of halogens is 1. The summed E-state index contributed by atoms with van der Waals surface area (Å²) in [7, 11) is 0. The van der Waals surface area contributed by atoms with E-state index in [0.717, 1.165) is 11.1 Å². The van der Waals surface area contributed by atoms with Gasteiger partial charge in [0.05, 0.1) is 5.92 Å². The van der Waals surface area contributed by atoms with E-state index in [4.69, 9.17) is 0 Å². The van der Waals surface area contributed by atoms with Crippen molar-refractivity contribution >= 4 is 11.9 Å². The van der Waals surface area contributed by atoms with E-state index in [9.17, 15) is 14.0 Å². The smallest absolute Gasteiger partial charge is 0.317 e. The zero-order valence-corrected chi connectivity index (χ0v) is 17.0. The SMILES string of the molecule is CCNC(=O)N1C[C@@H](C(=O)NCc2ccccc2F)C[C@H](c2cccc(C)c2)C1. The first-order valence-electron chi connectivity index (χ1n) is 10.1. The summed E-state index contributed by atoms with van der Waals surface area (Å²) in [4.78, 5) is 27.0. The van der Waals surface area contributed by atoms with Crippen molar-refractivity contribution in [1.82, 2.24) is 15.5 Å². The van der Waals surface area contributed by atoms with Gasteiger partial charge in [-0.3, -0.25) is 4.79 Å². The number of hydrogen-bond acceptors (Lipinski definition) is 2. The third-order valence-electron chi connectivity index (χ3n) is 5.36. The number of likely N-dealkylation sites (tertiary alicyclic amines) is 1. The monoisotopic (exact) mass is 397 g/mol. The summed E-state index contributed by atoms with van der Waals surface area (Å²) < 4.78 is 13.8. The molecular weight excluding hydrogens is 369 g/mol. The first-order chi connectivity index (χ1) is 14.0. The highest BCUT2D eigenvalue weighted by Crippen LogP contribution is 2.31. The minimum absolute atomic E-state index is 0.0791. The molecule has 1 heterocycles. The van der Waals surface area contributed by atoms with Crippen LogP contribution >= 0.6 is 0 Å². The van der Waals surface area contributed by atoms with Gasteiger partial charge >= 0.3 is 6.03 Å². The molecule has 6 heteroatoms. The molecule has 5 nitrogen and oxygen atoms in total. The number of nitrogens with one attached hydrogen (secondary N) is 2. The first-order valence-corrected chi connectivity index (χ1v) is 10.1. The third-order valence-corrected chi connectivity index (χ3v) is 5.36. The molecule has 0 saturated carbocycles. The first kappa shape index (κ1) is 20.8. The van der Waals surface area contributed by atoms with E-state index in [0.29, 0.717) is 31.6 Å². The molecule has 154 valence electrons. The Morgan fingerprint density at radius 2 is 1.90 bits per heavy atom. The van der Waals surface area contributed by atoms with Gasteiger partial charge in [-0.15, -0.1) is 0 Å². The molecular formula is C23H28FN3O2. The molecule has 1 saturated heterocycles. The highest BCUT2D eigenvalue weighted by atomic mass is 19.1. The van der Waals surface area contributed by atoms with E-state index in [1.54, 1.807) is 23.1 Å². The van der Waals surface area contributed by atoms with Crippen molar-refractivity contribution in [1.29, 1.82) is 0 Å². The van der Waals surface area contributed by atoms with E-state index >= 15 is 0 Å². The van der Waals surface area contributed by atoms with Gasteiger partial charge < -0.3 is 15.5 Å². The number of benzene rings is 2. The Morgan fingerprint density at radius 1 is 1.10 bits per heavy atom. The molecule has 1 fully saturated rings. The van der Waals surface area contributed by atoms with Crippen LogP contribution in [0.3, 0.4) is 0 Å². The van der Waals surface area contributed by atoms with Crippen molar-refractivity contribution in [3.8, 4) is 0 Å². The van der Waals surface area contributed by atoms with E-state index in [2.05, 4.69) is 16.7 Å². The maximum Gasteiger partial charge on any atom is 0.317 e. The van der Waals surface area contributed by atoms with Crippen molar-refractivity contribution in [2.45, 2.75) is 32.7 Å². The molecule has 0 bridgehead atoms. The largest absolute Gasteiger partial charge is 0.352 e. The van der Waals surface area contributed by atoms with E-state index in [-0.39, 0.29) is 36.1 Å². The molecule has 1 aliphatic rings. The lowest BCUT2D eigenvalue weighted by Crippen LogP contribution is -2.51. The standard InChI is InChI=1S/C23H28FN3O2/c1-3-25-23(29)27-14-19(17-9-6-7-16(2)11-17)12-20(15-27)22(28)26-13-18-8-4-5-10-21(18)24/h4-11,19-20H,3,12-15H2,1-2H3,(H,25,29)(H,26,28)/t19-,20-/m0/s1. The van der Waals surface area contributed by atoms with Crippen LogP contribution in [0.2, 0.25) is 0 Å².